The lowest BCUT2D eigenvalue weighted by Crippen LogP contribution is -2.27. The number of rotatable bonds is 9. The molecule has 12 heteroatoms. The lowest BCUT2D eigenvalue weighted by molar-refractivity contribution is -0.385. The summed E-state index contributed by atoms with van der Waals surface area (Å²) < 4.78 is 65.9. The van der Waals surface area contributed by atoms with E-state index < -0.39 is 21.6 Å². The normalized spacial score (nSPS) is 11.6. The van der Waals surface area contributed by atoms with Crippen molar-refractivity contribution in [1.82, 2.24) is 4.31 Å². The summed E-state index contributed by atoms with van der Waals surface area (Å²) in [5, 5.41) is 10.9. The fourth-order valence-corrected chi connectivity index (χ4v) is 3.79. The molecule has 0 amide bonds. The van der Waals surface area contributed by atoms with Gasteiger partial charge in [-0.2, -0.15) is 13.1 Å². The smallest absolute Gasteiger partial charge is 0.387 e. The van der Waals surface area contributed by atoms with Crippen LogP contribution in [0.25, 0.3) is 0 Å². The third-order valence-corrected chi connectivity index (χ3v) is 5.74. The average Bonchev–Trinajstić information content (AvgIpc) is 2.67. The first-order chi connectivity index (χ1) is 13.6. The molecule has 158 valence electrons. The molecule has 29 heavy (non-hydrogen) atoms. The van der Waals surface area contributed by atoms with Gasteiger partial charge in [0.25, 0.3) is 5.69 Å². The highest BCUT2D eigenvalue weighted by molar-refractivity contribution is 7.89. The van der Waals surface area contributed by atoms with E-state index in [-0.39, 0.29) is 34.4 Å². The Hall–Kier alpha value is -2.99. The Morgan fingerprint density at radius 1 is 1.07 bits per heavy atom. The monoisotopic (exact) mass is 432 g/mol. The van der Waals surface area contributed by atoms with Crippen LogP contribution in [-0.2, 0) is 16.6 Å². The van der Waals surface area contributed by atoms with Crippen molar-refractivity contribution in [2.24, 2.45) is 0 Å². The van der Waals surface area contributed by atoms with Crippen molar-refractivity contribution < 1.29 is 36.3 Å². The highest BCUT2D eigenvalue weighted by Crippen LogP contribution is 2.32. The second-order valence-electron chi connectivity index (χ2n) is 5.72. The number of nitro groups is 1. The van der Waals surface area contributed by atoms with Crippen LogP contribution in [0.1, 0.15) is 5.56 Å². The Morgan fingerprint density at radius 3 is 2.28 bits per heavy atom. The molecule has 0 radical (unpaired) electrons. The molecule has 0 atom stereocenters. The van der Waals surface area contributed by atoms with Gasteiger partial charge in [0, 0.05) is 19.7 Å². The van der Waals surface area contributed by atoms with E-state index in [4.69, 9.17) is 9.47 Å². The van der Waals surface area contributed by atoms with Crippen molar-refractivity contribution in [2.45, 2.75) is 18.1 Å². The number of ether oxygens (including phenoxy) is 3. The van der Waals surface area contributed by atoms with Crippen LogP contribution in [0.4, 0.5) is 14.5 Å². The maximum Gasteiger partial charge on any atom is 0.387 e. The quantitative estimate of drug-likeness (QED) is 0.443. The Morgan fingerprint density at radius 2 is 1.72 bits per heavy atom. The van der Waals surface area contributed by atoms with Gasteiger partial charge in [-0.1, -0.05) is 6.07 Å². The van der Waals surface area contributed by atoms with Gasteiger partial charge in [-0.3, -0.25) is 10.1 Å². The van der Waals surface area contributed by atoms with Crippen LogP contribution in [0, 0.1) is 10.1 Å². The van der Waals surface area contributed by atoms with Crippen LogP contribution in [-0.4, -0.2) is 45.5 Å². The summed E-state index contributed by atoms with van der Waals surface area (Å²) in [5.74, 6) is -0.348. The minimum absolute atomic E-state index is 0.0153. The minimum atomic E-state index is -4.08. The number of methoxy groups -OCH3 is 2. The second kappa shape index (κ2) is 9.01. The molecular formula is C17H18F2N2O7S. The molecule has 2 rings (SSSR count). The Bertz CT molecular complexity index is 999. The Balaban J connectivity index is 2.32. The minimum Gasteiger partial charge on any atom is -0.495 e. The molecule has 0 bridgehead atoms. The molecule has 0 heterocycles. The van der Waals surface area contributed by atoms with E-state index in [2.05, 4.69) is 4.74 Å². The van der Waals surface area contributed by atoms with Gasteiger partial charge in [0.05, 0.1) is 25.2 Å². The molecule has 0 N–H and O–H groups in total. The van der Waals surface area contributed by atoms with Gasteiger partial charge in [-0.25, -0.2) is 8.42 Å². The maximum atomic E-state index is 12.9. The maximum absolute atomic E-state index is 12.9. The number of nitrogens with zero attached hydrogens (tertiary/aromatic N) is 2. The van der Waals surface area contributed by atoms with Crippen molar-refractivity contribution in [3.63, 3.8) is 0 Å². The highest BCUT2D eigenvalue weighted by atomic mass is 32.2. The number of hydrogen-bond acceptors (Lipinski definition) is 7. The fraction of sp³-hybridized carbons (Fsp3) is 0.294. The molecule has 0 fully saturated rings. The van der Waals surface area contributed by atoms with Crippen molar-refractivity contribution in [3.05, 3.63) is 52.1 Å². The molecule has 0 saturated heterocycles. The molecule has 2 aromatic rings. The number of alkyl halides is 2. The number of non-ortho nitro benzene ring substituents is 1. The number of benzene rings is 2. The predicted molar refractivity (Wildman–Crippen MR) is 97.9 cm³/mol. The van der Waals surface area contributed by atoms with Crippen molar-refractivity contribution in [3.8, 4) is 17.2 Å². The van der Waals surface area contributed by atoms with Crippen LogP contribution in [0.15, 0.2) is 41.3 Å². The number of nitro benzene ring substituents is 1. The first kappa shape index (κ1) is 22.3. The Kier molecular flexibility index (Phi) is 6.93. The van der Waals surface area contributed by atoms with E-state index in [0.29, 0.717) is 5.56 Å². The lowest BCUT2D eigenvalue weighted by atomic mass is 10.2. The van der Waals surface area contributed by atoms with Crippen molar-refractivity contribution in [1.29, 1.82) is 0 Å². The van der Waals surface area contributed by atoms with Gasteiger partial charge in [0.15, 0.2) is 11.5 Å². The topological polar surface area (TPSA) is 108 Å². The second-order valence-corrected chi connectivity index (χ2v) is 7.73. The largest absolute Gasteiger partial charge is 0.495 e. The molecule has 9 nitrogen and oxygen atoms in total. The standard InChI is InChI=1S/C17H18F2N2O7S/c1-20(10-11-4-6-13(28-17(18)19)14(8-11)26-2)29(24,25)16-7-5-12(21(22)23)9-15(16)27-3/h4-9,17H,10H2,1-3H3. The number of hydrogen-bond donors (Lipinski definition) is 0. The van der Waals surface area contributed by atoms with Crippen molar-refractivity contribution in [2.75, 3.05) is 21.3 Å². The summed E-state index contributed by atoms with van der Waals surface area (Å²) in [5.41, 5.74) is 0.123. The molecule has 0 aromatic heterocycles. The fourth-order valence-electron chi connectivity index (χ4n) is 2.50. The van der Waals surface area contributed by atoms with Gasteiger partial charge in [0.1, 0.15) is 10.6 Å². The molecule has 0 aliphatic rings. The van der Waals surface area contributed by atoms with E-state index in [1.54, 1.807) is 0 Å². The molecule has 2 aromatic carbocycles. The molecule has 0 saturated carbocycles. The van der Waals surface area contributed by atoms with E-state index >= 15 is 0 Å². The summed E-state index contributed by atoms with van der Waals surface area (Å²) >= 11 is 0. The zero-order valence-electron chi connectivity index (χ0n) is 15.7. The van der Waals surface area contributed by atoms with E-state index in [9.17, 15) is 27.3 Å². The van der Waals surface area contributed by atoms with Gasteiger partial charge in [-0.05, 0) is 23.8 Å². The van der Waals surface area contributed by atoms with Gasteiger partial charge < -0.3 is 14.2 Å². The average molecular weight is 432 g/mol. The van der Waals surface area contributed by atoms with E-state index in [1.807, 2.05) is 0 Å². The third-order valence-electron chi connectivity index (χ3n) is 3.90. The van der Waals surface area contributed by atoms with Crippen LogP contribution in [0.5, 0.6) is 17.2 Å². The summed E-state index contributed by atoms with van der Waals surface area (Å²) in [6.45, 7) is -3.17. The van der Waals surface area contributed by atoms with Crippen LogP contribution >= 0.6 is 0 Å². The van der Waals surface area contributed by atoms with Gasteiger partial charge in [-0.15, -0.1) is 0 Å². The van der Waals surface area contributed by atoms with Crippen LogP contribution in [0.3, 0.4) is 0 Å². The summed E-state index contributed by atoms with van der Waals surface area (Å²) in [6.07, 6.45) is 0. The first-order valence-corrected chi connectivity index (χ1v) is 9.44. The molecule has 0 aliphatic heterocycles. The first-order valence-electron chi connectivity index (χ1n) is 8.00. The zero-order valence-corrected chi connectivity index (χ0v) is 16.5. The van der Waals surface area contributed by atoms with Crippen LogP contribution < -0.4 is 14.2 Å². The van der Waals surface area contributed by atoms with Crippen molar-refractivity contribution >= 4 is 15.7 Å². The molecular weight excluding hydrogens is 414 g/mol. The summed E-state index contributed by atoms with van der Waals surface area (Å²) in [4.78, 5) is 9.96. The molecule has 0 aliphatic carbocycles. The van der Waals surface area contributed by atoms with Gasteiger partial charge >= 0.3 is 6.61 Å². The Labute approximate surface area is 165 Å². The molecule has 0 spiro atoms. The van der Waals surface area contributed by atoms with E-state index in [1.165, 1.54) is 39.5 Å². The molecule has 0 unspecified atom stereocenters. The summed E-state index contributed by atoms with van der Waals surface area (Å²) in [6, 6.07) is 7.19. The zero-order chi connectivity index (χ0) is 21.8. The lowest BCUT2D eigenvalue weighted by Gasteiger charge is -2.19. The SMILES string of the molecule is COc1cc(CN(C)S(=O)(=O)c2ccc([N+](=O)[O-])cc2OC)ccc1OC(F)F. The summed E-state index contributed by atoms with van der Waals surface area (Å²) in [7, 11) is -0.317. The number of sulfonamides is 1. The predicted octanol–water partition coefficient (Wildman–Crippen LogP) is 3.03. The van der Waals surface area contributed by atoms with Crippen LogP contribution in [0.2, 0.25) is 0 Å². The van der Waals surface area contributed by atoms with E-state index in [0.717, 1.165) is 22.5 Å². The number of halogens is 2. The third kappa shape index (κ3) is 5.09. The van der Waals surface area contributed by atoms with Gasteiger partial charge in [0.2, 0.25) is 10.0 Å². The highest BCUT2D eigenvalue weighted by Gasteiger charge is 2.27.